The third-order valence-electron chi connectivity index (χ3n) is 4.37. The predicted octanol–water partition coefficient (Wildman–Crippen LogP) is 2.30. The summed E-state index contributed by atoms with van der Waals surface area (Å²) < 4.78 is 34.4. The lowest BCUT2D eigenvalue weighted by molar-refractivity contribution is 0.0587. The van der Waals surface area contributed by atoms with Crippen LogP contribution in [0.25, 0.3) is 0 Å². The minimum Gasteiger partial charge on any atom is -0.465 e. The summed E-state index contributed by atoms with van der Waals surface area (Å²) in [5, 5.41) is 2.57. The molecule has 160 valence electrons. The lowest BCUT2D eigenvalue weighted by Gasteiger charge is -2.18. The zero-order valence-corrected chi connectivity index (χ0v) is 17.8. The minimum atomic E-state index is -3.43. The molecule has 2 aromatic rings. The average Bonchev–Trinajstić information content (AvgIpc) is 2.77. The highest BCUT2D eigenvalue weighted by Gasteiger charge is 2.19. The molecule has 0 heterocycles. The van der Waals surface area contributed by atoms with E-state index in [-0.39, 0.29) is 28.1 Å². The Bertz CT molecular complexity index is 1060. The molecule has 0 aliphatic rings. The largest absolute Gasteiger partial charge is 0.465 e. The van der Waals surface area contributed by atoms with Crippen molar-refractivity contribution in [2.24, 2.45) is 0 Å². The molecule has 0 fully saturated rings. The van der Waals surface area contributed by atoms with Crippen molar-refractivity contribution in [2.75, 3.05) is 36.6 Å². The highest BCUT2D eigenvalue weighted by atomic mass is 32.2. The molecule has 0 bridgehead atoms. The Balaban J connectivity index is 2.32. The van der Waals surface area contributed by atoms with Crippen molar-refractivity contribution in [1.82, 2.24) is 0 Å². The molecule has 0 aliphatic heterocycles. The summed E-state index contributed by atoms with van der Waals surface area (Å²) in [6.07, 6.45) is 0. The second kappa shape index (κ2) is 9.40. The van der Waals surface area contributed by atoms with Crippen molar-refractivity contribution in [1.29, 1.82) is 0 Å². The van der Waals surface area contributed by atoms with E-state index in [0.29, 0.717) is 5.69 Å². The molecule has 1 N–H and O–H groups in total. The van der Waals surface area contributed by atoms with E-state index in [1.165, 1.54) is 70.7 Å². The first-order valence-corrected chi connectivity index (χ1v) is 10.4. The molecule has 0 spiro atoms. The zero-order chi connectivity index (χ0) is 22.5. The first-order chi connectivity index (χ1) is 14.1. The van der Waals surface area contributed by atoms with Gasteiger partial charge in [-0.3, -0.25) is 9.10 Å². The summed E-state index contributed by atoms with van der Waals surface area (Å²) in [4.78, 5) is 36.4. The number of benzene rings is 2. The van der Waals surface area contributed by atoms with E-state index in [9.17, 15) is 22.8 Å². The second-order valence-corrected chi connectivity index (χ2v) is 8.40. The predicted molar refractivity (Wildman–Crippen MR) is 111 cm³/mol. The molecule has 0 aromatic heterocycles. The number of hydrogen-bond acceptors (Lipinski definition) is 7. The van der Waals surface area contributed by atoms with Crippen molar-refractivity contribution >= 4 is 39.2 Å². The van der Waals surface area contributed by atoms with Gasteiger partial charge in [-0.05, 0) is 49.4 Å². The maximum atomic E-state index is 12.7. The Morgan fingerprint density at radius 2 is 1.50 bits per heavy atom. The summed E-state index contributed by atoms with van der Waals surface area (Å²) in [5.74, 6) is -1.94. The number of sulfonamides is 1. The van der Waals surface area contributed by atoms with Gasteiger partial charge in [0.1, 0.15) is 0 Å². The third-order valence-corrected chi connectivity index (χ3v) is 6.14. The Hall–Kier alpha value is -3.40. The molecule has 0 saturated carbocycles. The average molecular weight is 434 g/mol. The number of nitrogens with one attached hydrogen (secondary N) is 1. The normalized spacial score (nSPS) is 10.8. The molecule has 30 heavy (non-hydrogen) atoms. The lowest BCUT2D eigenvalue weighted by Crippen LogP contribution is -2.28. The topological polar surface area (TPSA) is 119 Å². The molecular weight excluding hydrogens is 412 g/mol. The van der Waals surface area contributed by atoms with Crippen molar-refractivity contribution in [3.63, 3.8) is 0 Å². The van der Waals surface area contributed by atoms with Gasteiger partial charge in [0.25, 0.3) is 5.91 Å². The number of methoxy groups -OCH3 is 2. The summed E-state index contributed by atoms with van der Waals surface area (Å²) in [6, 6.07) is 9.94. The Morgan fingerprint density at radius 3 is 2.03 bits per heavy atom. The van der Waals surface area contributed by atoms with E-state index in [0.717, 1.165) is 4.31 Å². The molecule has 2 aromatic carbocycles. The Kier molecular flexibility index (Phi) is 7.17. The number of carbonyl (C=O) groups excluding carboxylic acids is 3. The van der Waals surface area contributed by atoms with Crippen LogP contribution in [0.2, 0.25) is 0 Å². The van der Waals surface area contributed by atoms with Crippen molar-refractivity contribution < 1.29 is 32.3 Å². The van der Waals surface area contributed by atoms with E-state index < -0.39 is 27.9 Å². The highest BCUT2D eigenvalue weighted by molar-refractivity contribution is 7.92. The Morgan fingerprint density at radius 1 is 0.933 bits per heavy atom. The van der Waals surface area contributed by atoms with E-state index in [1.54, 1.807) is 0 Å². The molecule has 10 heteroatoms. The van der Waals surface area contributed by atoms with E-state index in [1.807, 2.05) is 0 Å². The highest BCUT2D eigenvalue weighted by Crippen LogP contribution is 2.22. The fraction of sp³-hybridized carbons (Fsp3) is 0.250. The maximum Gasteiger partial charge on any atom is 0.339 e. The molecular formula is C20H22N2O7S. The zero-order valence-electron chi connectivity index (χ0n) is 17.0. The number of rotatable bonds is 7. The van der Waals surface area contributed by atoms with Gasteiger partial charge in [0.15, 0.2) is 0 Å². The van der Waals surface area contributed by atoms with Crippen LogP contribution in [-0.2, 0) is 19.5 Å². The molecule has 2 rings (SSSR count). The number of anilines is 2. The van der Waals surface area contributed by atoms with Gasteiger partial charge in [-0.1, -0.05) is 0 Å². The second-order valence-electron chi connectivity index (χ2n) is 6.11. The molecule has 0 aliphatic carbocycles. The summed E-state index contributed by atoms with van der Waals surface area (Å²) in [6.45, 7) is 1.54. The van der Waals surface area contributed by atoms with Gasteiger partial charge in [0, 0.05) is 12.6 Å². The number of amides is 1. The minimum absolute atomic E-state index is 0.0570. The van der Waals surface area contributed by atoms with E-state index in [4.69, 9.17) is 4.74 Å². The van der Waals surface area contributed by atoms with Gasteiger partial charge in [0.2, 0.25) is 10.0 Å². The van der Waals surface area contributed by atoms with Gasteiger partial charge in [-0.25, -0.2) is 18.0 Å². The molecule has 0 radical (unpaired) electrons. The van der Waals surface area contributed by atoms with Crippen LogP contribution >= 0.6 is 0 Å². The van der Waals surface area contributed by atoms with E-state index >= 15 is 0 Å². The molecule has 1 amide bonds. The van der Waals surface area contributed by atoms with Crippen LogP contribution in [0.15, 0.2) is 42.5 Å². The van der Waals surface area contributed by atoms with Gasteiger partial charge in [0.05, 0.1) is 42.5 Å². The van der Waals surface area contributed by atoms with Gasteiger partial charge < -0.3 is 14.8 Å². The molecule has 0 atom stereocenters. The lowest BCUT2D eigenvalue weighted by atomic mass is 10.1. The summed E-state index contributed by atoms with van der Waals surface area (Å²) >= 11 is 0. The van der Waals surface area contributed by atoms with Crippen molar-refractivity contribution in [3.8, 4) is 0 Å². The van der Waals surface area contributed by atoms with E-state index in [2.05, 4.69) is 10.1 Å². The van der Waals surface area contributed by atoms with Crippen LogP contribution in [-0.4, -0.2) is 53.3 Å². The van der Waals surface area contributed by atoms with Crippen LogP contribution in [0.4, 0.5) is 11.4 Å². The van der Waals surface area contributed by atoms with Crippen LogP contribution < -0.4 is 9.62 Å². The van der Waals surface area contributed by atoms with Crippen LogP contribution in [0.3, 0.4) is 0 Å². The monoisotopic (exact) mass is 434 g/mol. The first-order valence-electron chi connectivity index (χ1n) is 8.83. The van der Waals surface area contributed by atoms with Crippen molar-refractivity contribution in [2.45, 2.75) is 6.92 Å². The number of carbonyl (C=O) groups is 3. The Labute approximate surface area is 174 Å². The summed E-state index contributed by atoms with van der Waals surface area (Å²) in [5.41, 5.74) is 0.896. The fourth-order valence-electron chi connectivity index (χ4n) is 2.55. The fourth-order valence-corrected chi connectivity index (χ4v) is 3.38. The standard InChI is InChI=1S/C20H22N2O7S/c1-5-30(26,27)22(2)15-9-6-13(7-10-15)18(23)21-17-12-14(19(24)28-3)8-11-16(17)20(25)29-4/h6-12H,5H2,1-4H3,(H,21,23). The molecule has 0 saturated heterocycles. The van der Waals surface area contributed by atoms with Crippen LogP contribution in [0, 0.1) is 0 Å². The van der Waals surface area contributed by atoms with Gasteiger partial charge >= 0.3 is 11.9 Å². The first kappa shape index (κ1) is 22.9. The van der Waals surface area contributed by atoms with Crippen LogP contribution in [0.5, 0.6) is 0 Å². The third kappa shape index (κ3) is 4.95. The van der Waals surface area contributed by atoms with Crippen molar-refractivity contribution in [3.05, 3.63) is 59.2 Å². The number of hydrogen-bond donors (Lipinski definition) is 1. The summed E-state index contributed by atoms with van der Waals surface area (Å²) in [7, 11) is 0.407. The number of ether oxygens (including phenoxy) is 2. The SMILES string of the molecule is CCS(=O)(=O)N(C)c1ccc(C(=O)Nc2cc(C(=O)OC)ccc2C(=O)OC)cc1. The maximum absolute atomic E-state index is 12.7. The molecule has 0 unspecified atom stereocenters. The smallest absolute Gasteiger partial charge is 0.339 e. The van der Waals surface area contributed by atoms with Gasteiger partial charge in [-0.2, -0.15) is 0 Å². The molecule has 9 nitrogen and oxygen atoms in total. The number of esters is 2. The van der Waals surface area contributed by atoms with Gasteiger partial charge in [-0.15, -0.1) is 0 Å². The number of nitrogens with zero attached hydrogens (tertiary/aromatic N) is 1. The quantitative estimate of drug-likeness (QED) is 0.664. The van der Waals surface area contributed by atoms with Crippen LogP contribution in [0.1, 0.15) is 38.0 Å².